The highest BCUT2D eigenvalue weighted by atomic mass is 15.1. The predicted octanol–water partition coefficient (Wildman–Crippen LogP) is 1.79. The molecule has 1 aliphatic carbocycles. The van der Waals surface area contributed by atoms with Crippen molar-refractivity contribution in [3.05, 3.63) is 29.8 Å². The van der Waals surface area contributed by atoms with Crippen molar-refractivity contribution >= 4 is 5.69 Å². The zero-order chi connectivity index (χ0) is 10.2. The van der Waals surface area contributed by atoms with Gasteiger partial charge in [0.2, 0.25) is 0 Å². The minimum absolute atomic E-state index is 0.116. The third-order valence-corrected chi connectivity index (χ3v) is 2.88. The van der Waals surface area contributed by atoms with Crippen molar-refractivity contribution in [3.63, 3.8) is 0 Å². The smallest absolute Gasteiger partial charge is 0.0363 e. The van der Waals surface area contributed by atoms with Crippen molar-refractivity contribution in [1.82, 2.24) is 0 Å². The fraction of sp³-hybridized carbons (Fsp3) is 0.500. The summed E-state index contributed by atoms with van der Waals surface area (Å²) in [5.74, 6) is 0. The lowest BCUT2D eigenvalue weighted by Crippen LogP contribution is -2.24. The van der Waals surface area contributed by atoms with Gasteiger partial charge < -0.3 is 10.6 Å². The van der Waals surface area contributed by atoms with Crippen LogP contribution in [0.2, 0.25) is 0 Å². The number of anilines is 1. The van der Waals surface area contributed by atoms with Crippen molar-refractivity contribution in [1.29, 1.82) is 0 Å². The lowest BCUT2D eigenvalue weighted by Gasteiger charge is -2.15. The first-order chi connectivity index (χ1) is 6.59. The van der Waals surface area contributed by atoms with Gasteiger partial charge in [0.25, 0.3) is 0 Å². The summed E-state index contributed by atoms with van der Waals surface area (Å²) in [6.07, 6.45) is 3.38. The SMILES string of the molecule is CN(C)c1cccc(CC2(N)CC2)c1. The molecule has 1 aliphatic rings. The summed E-state index contributed by atoms with van der Waals surface area (Å²) >= 11 is 0. The molecular weight excluding hydrogens is 172 g/mol. The van der Waals surface area contributed by atoms with E-state index in [1.807, 2.05) is 0 Å². The number of benzene rings is 1. The average molecular weight is 190 g/mol. The maximum atomic E-state index is 6.09. The minimum Gasteiger partial charge on any atom is -0.378 e. The minimum atomic E-state index is 0.116. The van der Waals surface area contributed by atoms with E-state index in [0.29, 0.717) is 0 Å². The van der Waals surface area contributed by atoms with Crippen molar-refractivity contribution in [2.45, 2.75) is 24.8 Å². The zero-order valence-electron chi connectivity index (χ0n) is 8.96. The molecular formula is C12H18N2. The number of hydrogen-bond donors (Lipinski definition) is 1. The van der Waals surface area contributed by atoms with Crippen LogP contribution < -0.4 is 10.6 Å². The lowest BCUT2D eigenvalue weighted by molar-refractivity contribution is 0.672. The number of nitrogens with zero attached hydrogens (tertiary/aromatic N) is 1. The van der Waals surface area contributed by atoms with E-state index in [1.54, 1.807) is 0 Å². The Morgan fingerprint density at radius 2 is 2.07 bits per heavy atom. The fourth-order valence-corrected chi connectivity index (χ4v) is 1.69. The maximum absolute atomic E-state index is 6.09. The van der Waals surface area contributed by atoms with Crippen LogP contribution in [0, 0.1) is 0 Å². The van der Waals surface area contributed by atoms with Gasteiger partial charge in [0.15, 0.2) is 0 Å². The topological polar surface area (TPSA) is 29.3 Å². The fourth-order valence-electron chi connectivity index (χ4n) is 1.69. The summed E-state index contributed by atoms with van der Waals surface area (Å²) in [7, 11) is 4.13. The van der Waals surface area contributed by atoms with Crippen molar-refractivity contribution in [2.24, 2.45) is 5.73 Å². The highest BCUT2D eigenvalue weighted by Gasteiger charge is 2.37. The number of rotatable bonds is 3. The Labute approximate surface area is 85.7 Å². The third kappa shape index (κ3) is 2.07. The summed E-state index contributed by atoms with van der Waals surface area (Å²) in [4.78, 5) is 2.12. The van der Waals surface area contributed by atoms with Crippen LogP contribution in [0.5, 0.6) is 0 Å². The Morgan fingerprint density at radius 1 is 1.36 bits per heavy atom. The van der Waals surface area contributed by atoms with Gasteiger partial charge in [0.05, 0.1) is 0 Å². The van der Waals surface area contributed by atoms with Gasteiger partial charge in [0.1, 0.15) is 0 Å². The summed E-state index contributed by atoms with van der Waals surface area (Å²) in [5.41, 5.74) is 8.82. The second kappa shape index (κ2) is 3.28. The molecule has 2 heteroatoms. The molecule has 0 aromatic heterocycles. The Hall–Kier alpha value is -1.02. The van der Waals surface area contributed by atoms with Crippen LogP contribution in [0.15, 0.2) is 24.3 Å². The first kappa shape index (κ1) is 9.53. The summed E-state index contributed by atoms with van der Waals surface area (Å²) in [5, 5.41) is 0. The van der Waals surface area contributed by atoms with Crippen LogP contribution in [0.25, 0.3) is 0 Å². The quantitative estimate of drug-likeness (QED) is 0.787. The standard InChI is InChI=1S/C12H18N2/c1-14(2)11-5-3-4-10(8-11)9-12(13)6-7-12/h3-5,8H,6-7,9,13H2,1-2H3. The van der Waals surface area contributed by atoms with Gasteiger partial charge in [-0.2, -0.15) is 0 Å². The summed E-state index contributed by atoms with van der Waals surface area (Å²) in [6, 6.07) is 8.63. The van der Waals surface area contributed by atoms with Gasteiger partial charge in [-0.25, -0.2) is 0 Å². The Kier molecular flexibility index (Phi) is 2.23. The molecule has 0 bridgehead atoms. The van der Waals surface area contributed by atoms with Crippen molar-refractivity contribution < 1.29 is 0 Å². The van der Waals surface area contributed by atoms with Crippen LogP contribution in [0.3, 0.4) is 0 Å². The van der Waals surface area contributed by atoms with E-state index in [2.05, 4.69) is 43.3 Å². The molecule has 2 rings (SSSR count). The second-order valence-corrected chi connectivity index (χ2v) is 4.60. The van der Waals surface area contributed by atoms with Gasteiger partial charge in [-0.3, -0.25) is 0 Å². The van der Waals surface area contributed by atoms with E-state index in [4.69, 9.17) is 5.73 Å². The van der Waals surface area contributed by atoms with Gasteiger partial charge in [-0.05, 0) is 37.0 Å². The van der Waals surface area contributed by atoms with E-state index in [9.17, 15) is 0 Å². The number of nitrogens with two attached hydrogens (primary N) is 1. The van der Waals surface area contributed by atoms with Crippen LogP contribution in [0.1, 0.15) is 18.4 Å². The average Bonchev–Trinajstić information content (AvgIpc) is 2.83. The van der Waals surface area contributed by atoms with Crippen LogP contribution in [0.4, 0.5) is 5.69 Å². The highest BCUT2D eigenvalue weighted by molar-refractivity contribution is 5.47. The Balaban J connectivity index is 2.13. The zero-order valence-corrected chi connectivity index (χ0v) is 8.96. The first-order valence-electron chi connectivity index (χ1n) is 5.14. The summed E-state index contributed by atoms with van der Waals surface area (Å²) in [6.45, 7) is 0. The lowest BCUT2D eigenvalue weighted by atomic mass is 10.0. The van der Waals surface area contributed by atoms with E-state index in [1.165, 1.54) is 24.1 Å². The molecule has 1 fully saturated rings. The Bertz CT molecular complexity index is 327. The van der Waals surface area contributed by atoms with Gasteiger partial charge >= 0.3 is 0 Å². The molecule has 0 heterocycles. The molecule has 2 nitrogen and oxygen atoms in total. The Morgan fingerprint density at radius 3 is 2.64 bits per heavy atom. The molecule has 2 N–H and O–H groups in total. The highest BCUT2D eigenvalue weighted by Crippen LogP contribution is 2.35. The van der Waals surface area contributed by atoms with Crippen LogP contribution in [-0.2, 0) is 6.42 Å². The molecule has 1 aromatic rings. The van der Waals surface area contributed by atoms with Gasteiger partial charge in [-0.15, -0.1) is 0 Å². The normalized spacial score (nSPS) is 17.9. The number of hydrogen-bond acceptors (Lipinski definition) is 2. The molecule has 0 saturated heterocycles. The largest absolute Gasteiger partial charge is 0.378 e. The van der Waals surface area contributed by atoms with Crippen LogP contribution in [-0.4, -0.2) is 19.6 Å². The molecule has 76 valence electrons. The third-order valence-electron chi connectivity index (χ3n) is 2.88. The monoisotopic (exact) mass is 190 g/mol. The van der Waals surface area contributed by atoms with E-state index in [-0.39, 0.29) is 5.54 Å². The second-order valence-electron chi connectivity index (χ2n) is 4.60. The molecule has 0 atom stereocenters. The molecule has 0 aliphatic heterocycles. The maximum Gasteiger partial charge on any atom is 0.0363 e. The van der Waals surface area contributed by atoms with Crippen molar-refractivity contribution in [2.75, 3.05) is 19.0 Å². The van der Waals surface area contributed by atoms with Gasteiger partial charge in [-0.1, -0.05) is 12.1 Å². The van der Waals surface area contributed by atoms with Gasteiger partial charge in [0, 0.05) is 25.3 Å². The van der Waals surface area contributed by atoms with E-state index < -0.39 is 0 Å². The molecule has 14 heavy (non-hydrogen) atoms. The molecule has 0 spiro atoms. The van der Waals surface area contributed by atoms with Crippen LogP contribution >= 0.6 is 0 Å². The molecule has 0 amide bonds. The predicted molar refractivity (Wildman–Crippen MR) is 60.6 cm³/mol. The van der Waals surface area contributed by atoms with E-state index in [0.717, 1.165) is 6.42 Å². The van der Waals surface area contributed by atoms with Crippen molar-refractivity contribution in [3.8, 4) is 0 Å². The van der Waals surface area contributed by atoms with E-state index >= 15 is 0 Å². The molecule has 0 unspecified atom stereocenters. The summed E-state index contributed by atoms with van der Waals surface area (Å²) < 4.78 is 0. The molecule has 0 radical (unpaired) electrons. The molecule has 1 aromatic carbocycles. The first-order valence-corrected chi connectivity index (χ1v) is 5.14. The molecule has 1 saturated carbocycles.